The molecule has 0 spiro atoms. The largest absolute Gasteiger partial charge is 0.309 e. The number of halogens is 1. The van der Waals surface area contributed by atoms with E-state index in [4.69, 9.17) is 15.0 Å². The molecule has 0 N–H and O–H groups in total. The summed E-state index contributed by atoms with van der Waals surface area (Å²) in [6, 6.07) is 53.4. The molecule has 0 saturated carbocycles. The maximum absolute atomic E-state index is 5.19. The van der Waals surface area contributed by atoms with Crippen LogP contribution in [0.25, 0.3) is 89.2 Å². The Hall–Kier alpha value is -6.37. The van der Waals surface area contributed by atoms with Crippen molar-refractivity contribution in [1.29, 1.82) is 0 Å². The molecule has 0 saturated heterocycles. The van der Waals surface area contributed by atoms with Gasteiger partial charge >= 0.3 is 0 Å². The summed E-state index contributed by atoms with van der Waals surface area (Å²) in [4.78, 5) is 15.4. The maximum atomic E-state index is 5.19. The number of hydrogen-bond donors (Lipinski definition) is 0. The first kappa shape index (κ1) is 44.5. The van der Waals surface area contributed by atoms with Crippen LogP contribution in [0.4, 0.5) is 0 Å². The molecule has 10 rings (SSSR count). The number of benzene rings is 7. The van der Waals surface area contributed by atoms with E-state index in [0.717, 1.165) is 32.5 Å². The molecule has 67 heavy (non-hydrogen) atoms. The second-order valence-electron chi connectivity index (χ2n) is 22.5. The highest BCUT2D eigenvalue weighted by molar-refractivity contribution is 9.10. The molecular formula is C61H60BrN5. The van der Waals surface area contributed by atoms with Gasteiger partial charge in [0.05, 0.1) is 22.1 Å². The lowest BCUT2D eigenvalue weighted by Crippen LogP contribution is -2.10. The molecule has 6 heteroatoms. The zero-order valence-electron chi connectivity index (χ0n) is 41.0. The van der Waals surface area contributed by atoms with E-state index in [1.165, 1.54) is 65.9 Å². The van der Waals surface area contributed by atoms with Gasteiger partial charge in [0.25, 0.3) is 0 Å². The van der Waals surface area contributed by atoms with Gasteiger partial charge in [0, 0.05) is 54.1 Å². The van der Waals surface area contributed by atoms with Crippen LogP contribution in [0.2, 0.25) is 0 Å². The predicted molar refractivity (Wildman–Crippen MR) is 287 cm³/mol. The highest BCUT2D eigenvalue weighted by Gasteiger charge is 2.24. The fraction of sp³-hybridized carbons (Fsp3) is 0.262. The molecule has 7 aromatic carbocycles. The minimum Gasteiger partial charge on any atom is -0.309 e. The van der Waals surface area contributed by atoms with E-state index in [-0.39, 0.29) is 21.7 Å². The Labute approximate surface area is 404 Å². The van der Waals surface area contributed by atoms with Gasteiger partial charge < -0.3 is 9.13 Å². The normalized spacial score (nSPS) is 12.9. The summed E-state index contributed by atoms with van der Waals surface area (Å²) >= 11 is 3.62. The average molecular weight is 943 g/mol. The summed E-state index contributed by atoms with van der Waals surface area (Å²) < 4.78 is 5.79. The number of aromatic nitrogens is 5. The van der Waals surface area contributed by atoms with Gasteiger partial charge in [-0.15, -0.1) is 0 Å². The Morgan fingerprint density at radius 2 is 0.552 bits per heavy atom. The Bertz CT molecular complexity index is 3170. The summed E-state index contributed by atoms with van der Waals surface area (Å²) in [6.07, 6.45) is 0. The Balaban J connectivity index is 1.07. The molecule has 0 aliphatic rings. The smallest absolute Gasteiger partial charge is 0.164 e. The minimum atomic E-state index is 0.0340. The first-order valence-corrected chi connectivity index (χ1v) is 24.3. The van der Waals surface area contributed by atoms with Gasteiger partial charge in [-0.25, -0.2) is 15.0 Å². The van der Waals surface area contributed by atoms with Crippen molar-refractivity contribution in [2.24, 2.45) is 0 Å². The lowest BCUT2D eigenvalue weighted by molar-refractivity contribution is 0.590. The highest BCUT2D eigenvalue weighted by Crippen LogP contribution is 2.40. The monoisotopic (exact) mass is 941 g/mol. The molecule has 0 aliphatic carbocycles. The van der Waals surface area contributed by atoms with E-state index in [1.807, 2.05) is 12.1 Å². The van der Waals surface area contributed by atoms with Crippen LogP contribution >= 0.6 is 15.9 Å². The third-order valence-corrected chi connectivity index (χ3v) is 14.0. The molecule has 0 unspecified atom stereocenters. The van der Waals surface area contributed by atoms with Crippen molar-refractivity contribution in [3.63, 3.8) is 0 Å². The molecular weight excluding hydrogens is 883 g/mol. The zero-order valence-corrected chi connectivity index (χ0v) is 42.6. The van der Waals surface area contributed by atoms with Crippen LogP contribution < -0.4 is 0 Å². The molecule has 0 atom stereocenters. The first-order chi connectivity index (χ1) is 31.6. The fourth-order valence-corrected chi connectivity index (χ4v) is 9.61. The molecule has 0 aliphatic heterocycles. The Kier molecular flexibility index (Phi) is 10.5. The van der Waals surface area contributed by atoms with Crippen LogP contribution in [0.3, 0.4) is 0 Å². The van der Waals surface area contributed by atoms with Gasteiger partial charge in [-0.2, -0.15) is 0 Å². The van der Waals surface area contributed by atoms with Gasteiger partial charge in [0.15, 0.2) is 17.5 Å². The topological polar surface area (TPSA) is 48.5 Å². The van der Waals surface area contributed by atoms with E-state index in [9.17, 15) is 0 Å². The molecule has 5 nitrogen and oxygen atoms in total. The van der Waals surface area contributed by atoms with Crippen molar-refractivity contribution in [2.45, 2.75) is 105 Å². The van der Waals surface area contributed by atoms with Crippen LogP contribution in [0.1, 0.15) is 105 Å². The molecule has 3 aromatic heterocycles. The SMILES string of the molecule is CC(C)(C)c1ccc2c(c1)c1cc(C(C)(C)C)ccc1n2-c1ccc(-c2nc(-c3ccc(Br)cc3)nc(-c3ccc(-n4c5ccc(C(C)(C)C)cc5c5cc(C(C)(C)C)ccc54)cc3)n2)cc1. The average Bonchev–Trinajstić information content (AvgIpc) is 3.79. The van der Waals surface area contributed by atoms with Gasteiger partial charge in [0.2, 0.25) is 0 Å². The second-order valence-corrected chi connectivity index (χ2v) is 23.4. The first-order valence-electron chi connectivity index (χ1n) is 23.5. The van der Waals surface area contributed by atoms with Crippen molar-refractivity contribution in [1.82, 2.24) is 24.1 Å². The minimum absolute atomic E-state index is 0.0340. The third kappa shape index (κ3) is 8.18. The summed E-state index contributed by atoms with van der Waals surface area (Å²) in [5, 5.41) is 5.08. The van der Waals surface area contributed by atoms with E-state index in [2.05, 4.69) is 242 Å². The van der Waals surface area contributed by atoms with E-state index >= 15 is 0 Å². The number of nitrogens with zero attached hydrogens (tertiary/aromatic N) is 5. The van der Waals surface area contributed by atoms with Gasteiger partial charge in [-0.3, -0.25) is 0 Å². The van der Waals surface area contributed by atoms with Crippen LogP contribution in [-0.4, -0.2) is 24.1 Å². The second kappa shape index (κ2) is 15.9. The van der Waals surface area contributed by atoms with Crippen molar-refractivity contribution >= 4 is 59.5 Å². The predicted octanol–water partition coefficient (Wildman–Crippen LogP) is 17.0. The van der Waals surface area contributed by atoms with Crippen LogP contribution in [0.15, 0.2) is 150 Å². The third-order valence-electron chi connectivity index (χ3n) is 13.5. The van der Waals surface area contributed by atoms with E-state index in [1.54, 1.807) is 0 Å². The van der Waals surface area contributed by atoms with Gasteiger partial charge in [0.1, 0.15) is 0 Å². The zero-order chi connectivity index (χ0) is 47.4. The Morgan fingerprint density at radius 3 is 0.791 bits per heavy atom. The standard InChI is InChI=1S/C61H60BrN5/c1-58(2,3)40-19-29-51-47(33-40)48-34-41(59(4,5)6)20-30-52(48)66(51)45-25-15-38(16-26-45)56-63-55(37-13-23-44(62)24-14-37)64-57(65-56)39-17-27-46(28-18-39)67-53-31-21-42(60(7,8)9)35-49(53)50-36-43(61(10,11)12)22-32-54(50)67/h13-36H,1-12H3. The van der Waals surface area contributed by atoms with Crippen LogP contribution in [0, 0.1) is 0 Å². The van der Waals surface area contributed by atoms with E-state index < -0.39 is 0 Å². The summed E-state index contributed by atoms with van der Waals surface area (Å²) in [5.41, 5.74) is 15.1. The lowest BCUT2D eigenvalue weighted by atomic mass is 9.85. The molecule has 0 fully saturated rings. The number of hydrogen-bond acceptors (Lipinski definition) is 3. The summed E-state index contributed by atoms with van der Waals surface area (Å²) in [7, 11) is 0. The highest BCUT2D eigenvalue weighted by atomic mass is 79.9. The van der Waals surface area contributed by atoms with Gasteiger partial charge in [-0.05, 0) is 153 Å². The van der Waals surface area contributed by atoms with Gasteiger partial charge in [-0.1, -0.05) is 135 Å². The molecule has 0 bridgehead atoms. The van der Waals surface area contributed by atoms with Crippen molar-refractivity contribution < 1.29 is 0 Å². The molecule has 0 radical (unpaired) electrons. The quantitative estimate of drug-likeness (QED) is 0.173. The van der Waals surface area contributed by atoms with Crippen molar-refractivity contribution in [3.05, 3.63) is 172 Å². The number of fused-ring (bicyclic) bond motifs is 6. The maximum Gasteiger partial charge on any atom is 0.164 e. The molecule has 336 valence electrons. The summed E-state index contributed by atoms with van der Waals surface area (Å²) in [5.74, 6) is 1.87. The van der Waals surface area contributed by atoms with Crippen molar-refractivity contribution in [2.75, 3.05) is 0 Å². The fourth-order valence-electron chi connectivity index (χ4n) is 9.35. The van der Waals surface area contributed by atoms with Crippen LogP contribution in [-0.2, 0) is 21.7 Å². The molecule has 3 heterocycles. The lowest BCUT2D eigenvalue weighted by Gasteiger charge is -2.19. The van der Waals surface area contributed by atoms with Crippen molar-refractivity contribution in [3.8, 4) is 45.5 Å². The van der Waals surface area contributed by atoms with Crippen LogP contribution in [0.5, 0.6) is 0 Å². The molecule has 0 amide bonds. The summed E-state index contributed by atoms with van der Waals surface area (Å²) in [6.45, 7) is 27.4. The molecule has 10 aromatic rings. The Morgan fingerprint density at radius 1 is 0.313 bits per heavy atom. The van der Waals surface area contributed by atoms with E-state index in [0.29, 0.717) is 17.5 Å². The number of rotatable bonds is 5.